The predicted molar refractivity (Wildman–Crippen MR) is 358 cm³/mol. The largest absolute Gasteiger partial charge is 0.480 e. The van der Waals surface area contributed by atoms with Crippen LogP contribution < -0.4 is 0 Å². The van der Waals surface area contributed by atoms with Crippen LogP contribution in [0.15, 0.2) is 0 Å². The summed E-state index contributed by atoms with van der Waals surface area (Å²) in [6, 6.07) is 0. The van der Waals surface area contributed by atoms with E-state index in [1.54, 1.807) is 0 Å². The second-order valence-electron chi connectivity index (χ2n) is 22.6. The SMILES string of the molecule is O=C(O)COCCOCCOCCOCCOCCOCCOCCCCCCCCCCCCCCCCCCCCSSCCCCCCCCCCCCCCCCCCCCOCCOCCOCCOCCOCCOCCOCC(=O)O. The lowest BCUT2D eigenvalue weighted by Gasteiger charge is -2.08. The first-order valence-electron chi connectivity index (χ1n) is 35.4. The Morgan fingerprint density at radius 1 is 0.170 bits per heavy atom. The van der Waals surface area contributed by atoms with Crippen LogP contribution in [0.2, 0.25) is 0 Å². The van der Waals surface area contributed by atoms with E-state index >= 15 is 0 Å². The summed E-state index contributed by atoms with van der Waals surface area (Å²) in [5, 5.41) is 17.0. The van der Waals surface area contributed by atoms with Crippen molar-refractivity contribution in [3.8, 4) is 0 Å². The lowest BCUT2D eigenvalue weighted by Crippen LogP contribution is -2.15. The minimum absolute atomic E-state index is 0.253. The fourth-order valence-corrected chi connectivity index (χ4v) is 11.8. The molecule has 0 amide bonds. The molecule has 88 heavy (non-hydrogen) atoms. The molecule has 0 fully saturated rings. The number of rotatable bonds is 83. The molecule has 0 aliphatic carbocycles. The molecule has 0 heterocycles. The van der Waals surface area contributed by atoms with E-state index in [-0.39, 0.29) is 26.4 Å². The third kappa shape index (κ3) is 85.1. The first-order chi connectivity index (χ1) is 43.6. The molecule has 0 bridgehead atoms. The van der Waals surface area contributed by atoms with E-state index in [1.165, 1.54) is 230 Å². The summed E-state index contributed by atoms with van der Waals surface area (Å²) < 4.78 is 75.8. The maximum absolute atomic E-state index is 10.3. The van der Waals surface area contributed by atoms with E-state index in [2.05, 4.69) is 21.6 Å². The second-order valence-corrected chi connectivity index (χ2v) is 25.3. The van der Waals surface area contributed by atoms with Crippen LogP contribution in [0.25, 0.3) is 0 Å². The van der Waals surface area contributed by atoms with Crippen LogP contribution >= 0.6 is 21.6 Å². The first kappa shape index (κ1) is 87.1. The van der Waals surface area contributed by atoms with E-state index in [0.717, 1.165) is 26.1 Å². The van der Waals surface area contributed by atoms with Crippen LogP contribution in [-0.2, 0) is 75.9 Å². The average molecular weight is 1300 g/mol. The van der Waals surface area contributed by atoms with E-state index in [0.29, 0.717) is 145 Å². The molecule has 20 heteroatoms. The average Bonchev–Trinajstić information content (AvgIpc) is 3.52. The Morgan fingerprint density at radius 2 is 0.295 bits per heavy atom. The zero-order chi connectivity index (χ0) is 63.1. The molecular weight excluding hydrogens is 1170 g/mol. The minimum atomic E-state index is -0.985. The number of aliphatic carboxylic acids is 2. The standard InChI is InChI=1S/C68H134O18S2/c69-67(70)65-85-61-59-83-57-55-81-53-51-79-49-47-77-45-43-75-41-39-73-37-33-29-25-21-17-13-9-5-1-3-7-11-15-19-23-27-31-35-63-87-88-64-36-32-28-24-20-16-12-8-4-2-6-10-14-18-22-26-30-34-38-74-40-42-76-44-46-78-48-50-80-52-54-82-56-58-84-60-62-86-66-68(71)72/h1-66H2,(H,69,70)(H,71,72). The van der Waals surface area contributed by atoms with Gasteiger partial charge < -0.3 is 76.5 Å². The molecule has 2 N–H and O–H groups in total. The Kier molecular flexibility index (Phi) is 81.3. The van der Waals surface area contributed by atoms with Crippen molar-refractivity contribution >= 4 is 33.5 Å². The molecule has 0 atom stereocenters. The summed E-state index contributed by atoms with van der Waals surface area (Å²) in [5.74, 6) is 0.704. The van der Waals surface area contributed by atoms with Crippen LogP contribution in [-0.4, -0.2) is 219 Å². The molecule has 18 nitrogen and oxygen atoms in total. The maximum atomic E-state index is 10.3. The second kappa shape index (κ2) is 82.2. The highest BCUT2D eigenvalue weighted by Gasteiger charge is 2.03. The predicted octanol–water partition coefficient (Wildman–Crippen LogP) is 14.8. The number of hydrogen-bond donors (Lipinski definition) is 2. The summed E-state index contributed by atoms with van der Waals surface area (Å²) >= 11 is 0. The molecule has 0 aromatic heterocycles. The molecule has 0 aliphatic heterocycles. The zero-order valence-corrected chi connectivity index (χ0v) is 57.5. The van der Waals surface area contributed by atoms with Crippen LogP contribution in [0.1, 0.15) is 231 Å². The van der Waals surface area contributed by atoms with Crippen molar-refractivity contribution in [2.24, 2.45) is 0 Å². The Hall–Kier alpha value is -0.920. The highest BCUT2D eigenvalue weighted by Crippen LogP contribution is 2.25. The van der Waals surface area contributed by atoms with Gasteiger partial charge in [0.1, 0.15) is 13.2 Å². The van der Waals surface area contributed by atoms with Crippen molar-refractivity contribution in [2.75, 3.05) is 196 Å². The van der Waals surface area contributed by atoms with E-state index in [9.17, 15) is 9.59 Å². The van der Waals surface area contributed by atoms with Crippen molar-refractivity contribution < 1.29 is 86.1 Å². The van der Waals surface area contributed by atoms with Gasteiger partial charge in [-0.25, -0.2) is 9.59 Å². The van der Waals surface area contributed by atoms with Crippen LogP contribution in [0.4, 0.5) is 0 Å². The summed E-state index contributed by atoms with van der Waals surface area (Å²) in [6.07, 6.45) is 50.0. The molecule has 0 spiro atoms. The number of carbonyl (C=O) groups is 2. The van der Waals surface area contributed by atoms with Gasteiger partial charge in [0.2, 0.25) is 0 Å². The van der Waals surface area contributed by atoms with E-state index < -0.39 is 11.9 Å². The number of carboxylic acid groups (broad SMARTS) is 2. The number of ether oxygens (including phenoxy) is 14. The third-order valence-corrected chi connectivity index (χ3v) is 17.1. The Bertz CT molecular complexity index is 1210. The van der Waals surface area contributed by atoms with E-state index in [4.69, 9.17) is 76.5 Å². The van der Waals surface area contributed by atoms with Crippen molar-refractivity contribution in [2.45, 2.75) is 231 Å². The molecule has 0 aliphatic rings. The van der Waals surface area contributed by atoms with Gasteiger partial charge in [0.05, 0.1) is 159 Å². The molecule has 0 aromatic rings. The summed E-state index contributed by atoms with van der Waals surface area (Å²) in [6.45, 7) is 12.7. The number of unbranched alkanes of at least 4 members (excludes halogenated alkanes) is 34. The minimum Gasteiger partial charge on any atom is -0.480 e. The van der Waals surface area contributed by atoms with Crippen molar-refractivity contribution in [3.63, 3.8) is 0 Å². The quantitative estimate of drug-likeness (QED) is 0.0429. The molecule has 0 radical (unpaired) electrons. The molecule has 0 unspecified atom stereocenters. The Morgan fingerprint density at radius 3 is 0.455 bits per heavy atom. The first-order valence-corrected chi connectivity index (χ1v) is 37.9. The molecule has 526 valence electrons. The molecular formula is C68H134O18S2. The van der Waals surface area contributed by atoms with Gasteiger partial charge in [0, 0.05) is 24.7 Å². The molecule has 0 aromatic carbocycles. The maximum Gasteiger partial charge on any atom is 0.329 e. The molecule has 0 rings (SSSR count). The fourth-order valence-electron chi connectivity index (χ4n) is 9.46. The highest BCUT2D eigenvalue weighted by atomic mass is 33.1. The number of hydrogen-bond acceptors (Lipinski definition) is 18. The zero-order valence-electron chi connectivity index (χ0n) is 55.9. The van der Waals surface area contributed by atoms with Gasteiger partial charge in [-0.05, 0) is 25.7 Å². The topological polar surface area (TPSA) is 204 Å². The molecule has 0 saturated carbocycles. The monoisotopic (exact) mass is 1300 g/mol. The summed E-state index contributed by atoms with van der Waals surface area (Å²) in [4.78, 5) is 20.7. The Balaban J connectivity index is 3.09. The van der Waals surface area contributed by atoms with Gasteiger partial charge in [-0.3, -0.25) is 0 Å². The third-order valence-electron chi connectivity index (χ3n) is 14.5. The van der Waals surface area contributed by atoms with Crippen molar-refractivity contribution in [1.82, 2.24) is 0 Å². The number of carboxylic acids is 2. The van der Waals surface area contributed by atoms with Gasteiger partial charge in [-0.1, -0.05) is 227 Å². The highest BCUT2D eigenvalue weighted by molar-refractivity contribution is 8.76. The van der Waals surface area contributed by atoms with Crippen molar-refractivity contribution in [3.05, 3.63) is 0 Å². The van der Waals surface area contributed by atoms with E-state index in [1.807, 2.05) is 0 Å². The Labute approximate surface area is 544 Å². The fraction of sp³-hybridized carbons (Fsp3) is 0.971. The van der Waals surface area contributed by atoms with Gasteiger partial charge in [-0.15, -0.1) is 0 Å². The summed E-state index contributed by atoms with van der Waals surface area (Å²) in [7, 11) is 4.25. The van der Waals surface area contributed by atoms with Gasteiger partial charge in [0.25, 0.3) is 0 Å². The lowest BCUT2D eigenvalue weighted by atomic mass is 10.0. The normalized spacial score (nSPS) is 11.7. The van der Waals surface area contributed by atoms with Crippen LogP contribution in [0.5, 0.6) is 0 Å². The molecule has 0 saturated heterocycles. The van der Waals surface area contributed by atoms with Gasteiger partial charge in [-0.2, -0.15) is 0 Å². The van der Waals surface area contributed by atoms with Gasteiger partial charge in [0.15, 0.2) is 0 Å². The summed E-state index contributed by atoms with van der Waals surface area (Å²) in [5.41, 5.74) is 0. The van der Waals surface area contributed by atoms with Gasteiger partial charge >= 0.3 is 11.9 Å². The van der Waals surface area contributed by atoms with Crippen molar-refractivity contribution in [1.29, 1.82) is 0 Å². The van der Waals surface area contributed by atoms with Crippen LogP contribution in [0.3, 0.4) is 0 Å². The lowest BCUT2D eigenvalue weighted by molar-refractivity contribution is -0.143. The van der Waals surface area contributed by atoms with Crippen LogP contribution in [0, 0.1) is 0 Å². The smallest absolute Gasteiger partial charge is 0.329 e.